The van der Waals surface area contributed by atoms with Crippen molar-refractivity contribution < 1.29 is 4.79 Å². The van der Waals surface area contributed by atoms with Crippen LogP contribution >= 0.6 is 0 Å². The molecule has 1 saturated heterocycles. The molecule has 0 radical (unpaired) electrons. The van der Waals surface area contributed by atoms with E-state index >= 15 is 0 Å². The second-order valence-electron chi connectivity index (χ2n) is 4.92. The van der Waals surface area contributed by atoms with E-state index in [1.807, 2.05) is 4.90 Å². The van der Waals surface area contributed by atoms with Crippen molar-refractivity contribution in [3.63, 3.8) is 0 Å². The predicted octanol–water partition coefficient (Wildman–Crippen LogP) is 1.92. The molecule has 4 heteroatoms. The van der Waals surface area contributed by atoms with Crippen molar-refractivity contribution in [2.75, 3.05) is 12.3 Å². The average Bonchev–Trinajstić information content (AvgIpc) is 2.77. The smallest absolute Gasteiger partial charge is 0.256 e. The van der Waals surface area contributed by atoms with Crippen LogP contribution in [-0.2, 0) is 0 Å². The van der Waals surface area contributed by atoms with Gasteiger partial charge in [0.1, 0.15) is 0 Å². The van der Waals surface area contributed by atoms with Crippen LogP contribution in [0.1, 0.15) is 37.0 Å². The van der Waals surface area contributed by atoms with Crippen molar-refractivity contribution in [3.8, 4) is 0 Å². The Balaban J connectivity index is 2.23. The number of hydrogen-bond donors (Lipinski definition) is 1. The van der Waals surface area contributed by atoms with E-state index in [1.165, 1.54) is 6.20 Å². The van der Waals surface area contributed by atoms with E-state index in [4.69, 9.17) is 5.73 Å². The maximum Gasteiger partial charge on any atom is 0.256 e. The Hall–Kier alpha value is -1.58. The van der Waals surface area contributed by atoms with Crippen LogP contribution in [0.3, 0.4) is 0 Å². The van der Waals surface area contributed by atoms with Gasteiger partial charge in [0.05, 0.1) is 17.4 Å². The molecule has 0 aliphatic carbocycles. The van der Waals surface area contributed by atoms with Crippen LogP contribution in [0.5, 0.6) is 0 Å². The van der Waals surface area contributed by atoms with E-state index in [1.54, 1.807) is 12.3 Å². The number of nitrogens with zero attached hydrogens (tertiary/aromatic N) is 2. The Kier molecular flexibility index (Phi) is 3.31. The zero-order valence-electron chi connectivity index (χ0n) is 10.4. The van der Waals surface area contributed by atoms with Crippen LogP contribution in [0.2, 0.25) is 0 Å². The minimum Gasteiger partial charge on any atom is -0.397 e. The van der Waals surface area contributed by atoms with Crippen molar-refractivity contribution in [3.05, 3.63) is 24.0 Å². The Bertz CT molecular complexity index is 417. The third-order valence-corrected chi connectivity index (χ3v) is 3.41. The number of aromatic nitrogens is 1. The molecule has 4 nitrogen and oxygen atoms in total. The molecule has 2 rings (SSSR count). The summed E-state index contributed by atoms with van der Waals surface area (Å²) in [4.78, 5) is 18.3. The summed E-state index contributed by atoms with van der Waals surface area (Å²) >= 11 is 0. The number of amides is 1. The molecule has 1 fully saturated rings. The minimum absolute atomic E-state index is 0.0427. The lowest BCUT2D eigenvalue weighted by Crippen LogP contribution is -2.38. The van der Waals surface area contributed by atoms with Gasteiger partial charge in [0.25, 0.3) is 5.91 Å². The molecular weight excluding hydrogens is 214 g/mol. The molecule has 2 heterocycles. The highest BCUT2D eigenvalue weighted by molar-refractivity contribution is 5.99. The average molecular weight is 233 g/mol. The number of carbonyl (C=O) groups excluding carboxylic acids is 1. The Labute approximate surface area is 102 Å². The van der Waals surface area contributed by atoms with Crippen molar-refractivity contribution >= 4 is 11.6 Å². The molecule has 2 N–H and O–H groups in total. The standard InChI is InChI=1S/C13H19N3O/c1-9(2)12-4-3-7-16(12)13(17)10-5-6-15-8-11(10)14/h5-6,8-9,12H,3-4,7,14H2,1-2H3. The van der Waals surface area contributed by atoms with Crippen LogP contribution in [0, 0.1) is 5.92 Å². The minimum atomic E-state index is 0.0427. The molecule has 17 heavy (non-hydrogen) atoms. The lowest BCUT2D eigenvalue weighted by atomic mass is 10.0. The van der Waals surface area contributed by atoms with Gasteiger partial charge >= 0.3 is 0 Å². The number of anilines is 1. The van der Waals surface area contributed by atoms with Gasteiger partial charge in [-0.3, -0.25) is 9.78 Å². The summed E-state index contributed by atoms with van der Waals surface area (Å²) in [5, 5.41) is 0. The molecule has 1 amide bonds. The molecule has 1 atom stereocenters. The highest BCUT2D eigenvalue weighted by atomic mass is 16.2. The predicted molar refractivity (Wildman–Crippen MR) is 67.5 cm³/mol. The first-order valence-corrected chi connectivity index (χ1v) is 6.11. The van der Waals surface area contributed by atoms with Crippen LogP contribution < -0.4 is 5.73 Å². The van der Waals surface area contributed by atoms with Crippen LogP contribution in [0.25, 0.3) is 0 Å². The lowest BCUT2D eigenvalue weighted by Gasteiger charge is -2.28. The Morgan fingerprint density at radius 3 is 3.00 bits per heavy atom. The molecule has 1 aromatic heterocycles. The number of hydrogen-bond acceptors (Lipinski definition) is 3. The van der Waals surface area contributed by atoms with Gasteiger partial charge < -0.3 is 10.6 Å². The molecule has 0 aromatic carbocycles. The van der Waals surface area contributed by atoms with Gasteiger partial charge in [-0.25, -0.2) is 0 Å². The Morgan fingerprint density at radius 2 is 2.35 bits per heavy atom. The summed E-state index contributed by atoms with van der Waals surface area (Å²) in [5.41, 5.74) is 6.84. The molecule has 92 valence electrons. The number of likely N-dealkylation sites (tertiary alicyclic amines) is 1. The number of nitrogen functional groups attached to an aromatic ring is 1. The third kappa shape index (κ3) is 2.25. The number of nitrogens with two attached hydrogens (primary N) is 1. The first-order valence-electron chi connectivity index (χ1n) is 6.11. The zero-order valence-corrected chi connectivity index (χ0v) is 10.4. The molecule has 0 saturated carbocycles. The lowest BCUT2D eigenvalue weighted by molar-refractivity contribution is 0.0702. The van der Waals surface area contributed by atoms with E-state index in [0.29, 0.717) is 23.2 Å². The third-order valence-electron chi connectivity index (χ3n) is 3.41. The van der Waals surface area contributed by atoms with Crippen LogP contribution in [0.15, 0.2) is 18.5 Å². The van der Waals surface area contributed by atoms with Crippen molar-refractivity contribution in [2.24, 2.45) is 5.92 Å². The van der Waals surface area contributed by atoms with Gasteiger partial charge in [-0.1, -0.05) is 13.8 Å². The van der Waals surface area contributed by atoms with Gasteiger partial charge in [0, 0.05) is 18.8 Å². The number of pyridine rings is 1. The van der Waals surface area contributed by atoms with E-state index < -0.39 is 0 Å². The van der Waals surface area contributed by atoms with Gasteiger partial charge in [-0.15, -0.1) is 0 Å². The summed E-state index contributed by atoms with van der Waals surface area (Å²) in [5.74, 6) is 0.533. The summed E-state index contributed by atoms with van der Waals surface area (Å²) in [6, 6.07) is 2.04. The van der Waals surface area contributed by atoms with E-state index in [2.05, 4.69) is 18.8 Å². The number of carbonyl (C=O) groups is 1. The fourth-order valence-electron chi connectivity index (χ4n) is 2.49. The molecule has 1 aliphatic heterocycles. The van der Waals surface area contributed by atoms with Crippen molar-refractivity contribution in [1.29, 1.82) is 0 Å². The van der Waals surface area contributed by atoms with Crippen LogP contribution in [0.4, 0.5) is 5.69 Å². The normalized spacial score (nSPS) is 19.9. The second-order valence-corrected chi connectivity index (χ2v) is 4.92. The van der Waals surface area contributed by atoms with Crippen molar-refractivity contribution in [2.45, 2.75) is 32.7 Å². The highest BCUT2D eigenvalue weighted by Gasteiger charge is 2.31. The quantitative estimate of drug-likeness (QED) is 0.849. The van der Waals surface area contributed by atoms with Gasteiger partial charge in [-0.05, 0) is 24.8 Å². The molecule has 1 aliphatic rings. The monoisotopic (exact) mass is 233 g/mol. The van der Waals surface area contributed by atoms with Gasteiger partial charge in [0.15, 0.2) is 0 Å². The summed E-state index contributed by atoms with van der Waals surface area (Å²) in [6.45, 7) is 5.15. The maximum absolute atomic E-state index is 12.4. The van der Waals surface area contributed by atoms with Crippen molar-refractivity contribution in [1.82, 2.24) is 9.88 Å². The largest absolute Gasteiger partial charge is 0.397 e. The molecule has 1 unspecified atom stereocenters. The fraction of sp³-hybridized carbons (Fsp3) is 0.538. The SMILES string of the molecule is CC(C)C1CCCN1C(=O)c1ccncc1N. The Morgan fingerprint density at radius 1 is 1.59 bits per heavy atom. The maximum atomic E-state index is 12.4. The molecule has 1 aromatic rings. The summed E-state index contributed by atoms with van der Waals surface area (Å²) in [7, 11) is 0. The zero-order chi connectivity index (χ0) is 12.4. The van der Waals surface area contributed by atoms with E-state index in [-0.39, 0.29) is 5.91 Å². The molecule has 0 spiro atoms. The topological polar surface area (TPSA) is 59.2 Å². The summed E-state index contributed by atoms with van der Waals surface area (Å²) < 4.78 is 0. The number of rotatable bonds is 2. The first-order chi connectivity index (χ1) is 8.11. The van der Waals surface area contributed by atoms with E-state index in [9.17, 15) is 4.79 Å². The van der Waals surface area contributed by atoms with Gasteiger partial charge in [0.2, 0.25) is 0 Å². The fourth-order valence-corrected chi connectivity index (χ4v) is 2.49. The van der Waals surface area contributed by atoms with Crippen LogP contribution in [-0.4, -0.2) is 28.4 Å². The highest BCUT2D eigenvalue weighted by Crippen LogP contribution is 2.26. The first kappa shape index (κ1) is 11.9. The van der Waals surface area contributed by atoms with E-state index in [0.717, 1.165) is 19.4 Å². The molecule has 0 bridgehead atoms. The van der Waals surface area contributed by atoms with Gasteiger partial charge in [-0.2, -0.15) is 0 Å². The summed E-state index contributed by atoms with van der Waals surface area (Å²) in [6.07, 6.45) is 5.33. The molecular formula is C13H19N3O. The second kappa shape index (κ2) is 4.73.